The normalized spacial score (nSPS) is 13.1. The molecule has 192 valence electrons. The van der Waals surface area contributed by atoms with Gasteiger partial charge >= 0.3 is 6.18 Å². The first-order valence-corrected chi connectivity index (χ1v) is 10.5. The molecule has 0 radical (unpaired) electrons. The Balaban J connectivity index is 2.03. The molecule has 11 nitrogen and oxygen atoms in total. The first kappa shape index (κ1) is 27.9. The molecule has 5 N–H and O–H groups in total. The van der Waals surface area contributed by atoms with Crippen molar-refractivity contribution in [3.8, 4) is 0 Å². The molecule has 0 bridgehead atoms. The minimum Gasteiger partial charge on any atom is -0.397 e. The second-order valence-corrected chi connectivity index (χ2v) is 7.12. The van der Waals surface area contributed by atoms with Gasteiger partial charge < -0.3 is 26.5 Å². The topological polar surface area (TPSA) is 156 Å². The van der Waals surface area contributed by atoms with E-state index in [0.29, 0.717) is 12.0 Å². The molecule has 0 fully saturated rings. The lowest BCUT2D eigenvalue weighted by atomic mass is 10.1. The predicted molar refractivity (Wildman–Crippen MR) is 129 cm³/mol. The van der Waals surface area contributed by atoms with Gasteiger partial charge in [0.15, 0.2) is 5.76 Å². The molecule has 1 unspecified atom stereocenters. The van der Waals surface area contributed by atoms with Crippen LogP contribution in [0.25, 0.3) is 0 Å². The summed E-state index contributed by atoms with van der Waals surface area (Å²) in [4.78, 5) is 40.9. The van der Waals surface area contributed by atoms with Gasteiger partial charge in [-0.05, 0) is 45.2 Å². The van der Waals surface area contributed by atoms with Crippen LogP contribution < -0.4 is 21.7 Å². The molecule has 0 aliphatic rings. The summed E-state index contributed by atoms with van der Waals surface area (Å²) in [5, 5.41) is 11.8. The highest BCUT2D eigenvalue weighted by molar-refractivity contribution is 6.16. The maximum absolute atomic E-state index is 12.8. The number of hydrogen-bond donors (Lipinski definition) is 4. The van der Waals surface area contributed by atoms with Gasteiger partial charge in [0.25, 0.3) is 5.91 Å². The Morgan fingerprint density at radius 3 is 2.64 bits per heavy atom. The van der Waals surface area contributed by atoms with Crippen molar-refractivity contribution in [1.82, 2.24) is 20.6 Å². The van der Waals surface area contributed by atoms with E-state index in [4.69, 9.17) is 10.6 Å². The molecule has 0 saturated carbocycles. The van der Waals surface area contributed by atoms with E-state index in [0.717, 1.165) is 24.5 Å². The molecule has 0 aliphatic heterocycles. The number of allylic oxidation sites excluding steroid dienone is 1. The van der Waals surface area contributed by atoms with Crippen molar-refractivity contribution in [2.75, 3.05) is 18.1 Å². The Bertz CT molecular complexity index is 1170. The van der Waals surface area contributed by atoms with Gasteiger partial charge in [-0.1, -0.05) is 5.16 Å². The number of nitrogens with two attached hydrogens (primary N) is 1. The number of benzene rings is 1. The number of carbonyl (C=O) groups excluding carboxylic acids is 2. The fourth-order valence-corrected chi connectivity index (χ4v) is 2.93. The van der Waals surface area contributed by atoms with Crippen LogP contribution in [0, 0.1) is 0 Å². The zero-order valence-corrected chi connectivity index (χ0v) is 19.6. The highest BCUT2D eigenvalue weighted by Gasteiger charge is 2.30. The van der Waals surface area contributed by atoms with Gasteiger partial charge in [0.2, 0.25) is 6.41 Å². The standard InChI is InChI=1S/C22H25F3N8O3/c1-4-18(36-32-8-7-28-17-6-5-14(9-16(17)26)22(23,24)25)13(2)33-21(35)19-15(10-27-3)20(31-12-34)30-11-29-19/h4-9,11-13,27H,10,26H2,1-3H3,(H,33,35)(H,29,30,31,34)/b18-4-,28-7?,32-8+. The zero-order valence-electron chi connectivity index (χ0n) is 19.6. The fraction of sp³-hybridized carbons (Fsp3) is 0.273. The van der Waals surface area contributed by atoms with Gasteiger partial charge in [-0.25, -0.2) is 9.97 Å². The molecule has 2 amide bonds. The molecule has 14 heteroatoms. The van der Waals surface area contributed by atoms with E-state index in [1.165, 1.54) is 12.4 Å². The summed E-state index contributed by atoms with van der Waals surface area (Å²) < 4.78 is 38.2. The molecule has 1 heterocycles. The number of halogens is 3. The number of carbonyl (C=O) groups is 2. The van der Waals surface area contributed by atoms with E-state index in [2.05, 4.69) is 36.1 Å². The molecule has 2 rings (SSSR count). The van der Waals surface area contributed by atoms with Crippen molar-refractivity contribution in [3.63, 3.8) is 0 Å². The number of nitrogens with zero attached hydrogens (tertiary/aromatic N) is 4. The smallest absolute Gasteiger partial charge is 0.397 e. The van der Waals surface area contributed by atoms with Crippen LogP contribution >= 0.6 is 0 Å². The number of hydrogen-bond acceptors (Lipinski definition) is 9. The molecular weight excluding hydrogens is 481 g/mol. The van der Waals surface area contributed by atoms with Crippen LogP contribution in [-0.4, -0.2) is 47.8 Å². The van der Waals surface area contributed by atoms with Crippen LogP contribution in [0.4, 0.5) is 30.4 Å². The fourth-order valence-electron chi connectivity index (χ4n) is 2.93. The number of oxime groups is 1. The number of aliphatic imine (C=N–C) groups is 1. The second kappa shape index (κ2) is 12.9. The Hall–Kier alpha value is -4.33. The van der Waals surface area contributed by atoms with Crippen LogP contribution in [0.2, 0.25) is 0 Å². The first-order chi connectivity index (χ1) is 17.1. The van der Waals surface area contributed by atoms with Crippen molar-refractivity contribution in [2.24, 2.45) is 10.1 Å². The average molecular weight is 506 g/mol. The Morgan fingerprint density at radius 2 is 2.03 bits per heavy atom. The van der Waals surface area contributed by atoms with Crippen LogP contribution in [0.3, 0.4) is 0 Å². The molecule has 1 atom stereocenters. The van der Waals surface area contributed by atoms with Crippen LogP contribution in [0.15, 0.2) is 46.5 Å². The number of amides is 2. The van der Waals surface area contributed by atoms with E-state index in [1.54, 1.807) is 27.0 Å². The van der Waals surface area contributed by atoms with Gasteiger partial charge in [0, 0.05) is 18.3 Å². The van der Waals surface area contributed by atoms with E-state index in [-0.39, 0.29) is 35.2 Å². The number of nitrogens with one attached hydrogen (secondary N) is 3. The van der Waals surface area contributed by atoms with Gasteiger partial charge in [0.05, 0.1) is 29.2 Å². The lowest BCUT2D eigenvalue weighted by Crippen LogP contribution is -2.36. The third kappa shape index (κ3) is 7.59. The second-order valence-electron chi connectivity index (χ2n) is 7.12. The van der Waals surface area contributed by atoms with E-state index >= 15 is 0 Å². The number of anilines is 2. The van der Waals surface area contributed by atoms with Crippen molar-refractivity contribution >= 4 is 41.9 Å². The summed E-state index contributed by atoms with van der Waals surface area (Å²) in [6, 6.07) is 2.18. The highest BCUT2D eigenvalue weighted by atomic mass is 19.4. The minimum absolute atomic E-state index is 0.0655. The maximum Gasteiger partial charge on any atom is 0.416 e. The van der Waals surface area contributed by atoms with E-state index in [1.807, 2.05) is 0 Å². The van der Waals surface area contributed by atoms with Crippen LogP contribution in [0.1, 0.15) is 35.5 Å². The van der Waals surface area contributed by atoms with Gasteiger partial charge in [-0.15, -0.1) is 0 Å². The van der Waals surface area contributed by atoms with Crippen molar-refractivity contribution in [2.45, 2.75) is 32.6 Å². The summed E-state index contributed by atoms with van der Waals surface area (Å²) in [6.07, 6.45) is 1.05. The largest absolute Gasteiger partial charge is 0.416 e. The SMILES string of the molecule is C/C=C(\O/N=C/C=Nc1ccc(C(F)(F)F)cc1N)C(C)NC(=O)c1ncnc(NC=O)c1CNC. The minimum atomic E-state index is -4.50. The van der Waals surface area contributed by atoms with Gasteiger partial charge in [-0.3, -0.25) is 14.6 Å². The van der Waals surface area contributed by atoms with Crippen molar-refractivity contribution in [1.29, 1.82) is 0 Å². The van der Waals surface area contributed by atoms with E-state index < -0.39 is 23.7 Å². The highest BCUT2D eigenvalue weighted by Crippen LogP contribution is 2.33. The average Bonchev–Trinajstić information content (AvgIpc) is 2.82. The molecular formula is C22H25F3N8O3. The lowest BCUT2D eigenvalue weighted by Gasteiger charge is -2.17. The quantitative estimate of drug-likeness (QED) is 0.120. The van der Waals surface area contributed by atoms with E-state index in [9.17, 15) is 22.8 Å². The van der Waals surface area contributed by atoms with Crippen molar-refractivity contribution in [3.05, 3.63) is 53.2 Å². The number of alkyl halides is 3. The third-order valence-electron chi connectivity index (χ3n) is 4.62. The monoisotopic (exact) mass is 506 g/mol. The summed E-state index contributed by atoms with van der Waals surface area (Å²) in [6.45, 7) is 3.56. The number of nitrogen functional groups attached to an aromatic ring is 1. The summed E-state index contributed by atoms with van der Waals surface area (Å²) >= 11 is 0. The molecule has 2 aromatic rings. The summed E-state index contributed by atoms with van der Waals surface area (Å²) in [5.74, 6) is -0.0416. The van der Waals surface area contributed by atoms with Gasteiger partial charge in [-0.2, -0.15) is 13.2 Å². The first-order valence-electron chi connectivity index (χ1n) is 10.5. The molecule has 36 heavy (non-hydrogen) atoms. The molecule has 1 aromatic carbocycles. The molecule has 0 spiro atoms. The summed E-state index contributed by atoms with van der Waals surface area (Å²) in [7, 11) is 1.67. The Kier molecular flexibility index (Phi) is 10.0. The van der Waals surface area contributed by atoms with Crippen LogP contribution in [-0.2, 0) is 22.4 Å². The predicted octanol–water partition coefficient (Wildman–Crippen LogP) is 2.79. The Labute approximate surface area is 204 Å². The van der Waals surface area contributed by atoms with Gasteiger partial charge in [0.1, 0.15) is 17.8 Å². The molecule has 0 saturated heterocycles. The summed E-state index contributed by atoms with van der Waals surface area (Å²) in [5.41, 5.74) is 5.20. The Morgan fingerprint density at radius 1 is 1.28 bits per heavy atom. The zero-order chi connectivity index (χ0) is 26.7. The lowest BCUT2D eigenvalue weighted by molar-refractivity contribution is -0.137. The maximum atomic E-state index is 12.8. The molecule has 1 aromatic heterocycles. The van der Waals surface area contributed by atoms with Crippen molar-refractivity contribution < 1.29 is 27.6 Å². The van der Waals surface area contributed by atoms with Crippen LogP contribution in [0.5, 0.6) is 0 Å². The third-order valence-corrected chi connectivity index (χ3v) is 4.62. The number of aromatic nitrogens is 2. The number of rotatable bonds is 11. The molecule has 0 aliphatic carbocycles.